The smallest absolute Gasteiger partial charge is 0.353 e. The molecule has 0 spiro atoms. The van der Waals surface area contributed by atoms with E-state index in [1.165, 1.54) is 16.9 Å². The van der Waals surface area contributed by atoms with E-state index in [0.29, 0.717) is 5.95 Å². The lowest BCUT2D eigenvalue weighted by molar-refractivity contribution is -0.914. The first kappa shape index (κ1) is 20.3. The number of benzene rings is 1. The standard InChI is InChI=1S/C21H29N7O2/c22-19-18(28(29)30)20(23-17-9-5-2-6-10-17)25-21(24-19)27-13-11-26(12-14-27)15-16-7-3-1-4-8-16/h1,3-4,7-8,17H,2,5-6,9-15H2,(H3,22,23,24,25)/p+1. The molecule has 1 aromatic heterocycles. The van der Waals surface area contributed by atoms with Gasteiger partial charge in [0.15, 0.2) is 0 Å². The molecule has 30 heavy (non-hydrogen) atoms. The zero-order chi connectivity index (χ0) is 20.9. The van der Waals surface area contributed by atoms with Crippen LogP contribution in [0.3, 0.4) is 0 Å². The van der Waals surface area contributed by atoms with Crippen molar-refractivity contribution in [2.45, 2.75) is 44.7 Å². The van der Waals surface area contributed by atoms with E-state index in [2.05, 4.69) is 44.5 Å². The molecule has 2 aromatic rings. The SMILES string of the molecule is Nc1nc(N2CC[NH+](Cc3ccccc3)CC2)nc(NC2CCCCC2)c1[N+](=O)[O-]. The maximum absolute atomic E-state index is 11.6. The summed E-state index contributed by atoms with van der Waals surface area (Å²) in [6.45, 7) is 4.50. The second kappa shape index (κ2) is 9.25. The average Bonchev–Trinajstić information content (AvgIpc) is 2.75. The monoisotopic (exact) mass is 412 g/mol. The summed E-state index contributed by atoms with van der Waals surface area (Å²) >= 11 is 0. The summed E-state index contributed by atoms with van der Waals surface area (Å²) in [6, 6.07) is 10.7. The lowest BCUT2D eigenvalue weighted by Crippen LogP contribution is -3.13. The minimum absolute atomic E-state index is 0.0672. The summed E-state index contributed by atoms with van der Waals surface area (Å²) in [4.78, 5) is 23.5. The van der Waals surface area contributed by atoms with Gasteiger partial charge in [0.25, 0.3) is 0 Å². The van der Waals surface area contributed by atoms with Crippen molar-refractivity contribution in [2.75, 3.05) is 42.1 Å². The highest BCUT2D eigenvalue weighted by atomic mass is 16.6. The second-order valence-corrected chi connectivity index (χ2v) is 8.24. The fraction of sp³-hybridized carbons (Fsp3) is 0.524. The molecule has 9 nitrogen and oxygen atoms in total. The molecule has 2 aliphatic rings. The highest BCUT2D eigenvalue weighted by molar-refractivity contribution is 5.70. The number of nitrogens with zero attached hydrogens (tertiary/aromatic N) is 4. The Kier molecular flexibility index (Phi) is 6.27. The third-order valence-electron chi connectivity index (χ3n) is 6.08. The van der Waals surface area contributed by atoms with Crippen molar-refractivity contribution in [3.63, 3.8) is 0 Å². The van der Waals surface area contributed by atoms with Crippen molar-refractivity contribution in [1.29, 1.82) is 0 Å². The van der Waals surface area contributed by atoms with Crippen molar-refractivity contribution in [1.82, 2.24) is 9.97 Å². The van der Waals surface area contributed by atoms with Gasteiger partial charge in [-0.2, -0.15) is 9.97 Å². The van der Waals surface area contributed by atoms with E-state index in [1.54, 1.807) is 0 Å². The van der Waals surface area contributed by atoms with Gasteiger partial charge in [-0.25, -0.2) is 0 Å². The van der Waals surface area contributed by atoms with Crippen LogP contribution in [0.2, 0.25) is 0 Å². The molecule has 0 amide bonds. The van der Waals surface area contributed by atoms with Crippen LogP contribution in [0.15, 0.2) is 30.3 Å². The number of nitro groups is 1. The molecule has 1 saturated heterocycles. The number of quaternary nitrogens is 1. The first-order chi connectivity index (χ1) is 14.6. The summed E-state index contributed by atoms with van der Waals surface area (Å²) in [7, 11) is 0. The Bertz CT molecular complexity index is 863. The van der Waals surface area contributed by atoms with Crippen molar-refractivity contribution >= 4 is 23.3 Å². The van der Waals surface area contributed by atoms with E-state index < -0.39 is 4.92 Å². The first-order valence-corrected chi connectivity index (χ1v) is 10.8. The third kappa shape index (κ3) is 4.79. The Balaban J connectivity index is 1.46. The molecule has 1 aromatic carbocycles. The van der Waals surface area contributed by atoms with Crippen LogP contribution in [-0.4, -0.2) is 47.1 Å². The minimum atomic E-state index is -0.480. The van der Waals surface area contributed by atoms with Crippen LogP contribution in [0.1, 0.15) is 37.7 Å². The van der Waals surface area contributed by atoms with Crippen LogP contribution in [0.5, 0.6) is 0 Å². The summed E-state index contributed by atoms with van der Waals surface area (Å²) in [5.74, 6) is 0.672. The predicted octanol–water partition coefficient (Wildman–Crippen LogP) is 1.62. The molecule has 9 heteroatoms. The predicted molar refractivity (Wildman–Crippen MR) is 117 cm³/mol. The van der Waals surface area contributed by atoms with Gasteiger partial charge in [-0.1, -0.05) is 49.6 Å². The molecule has 0 bridgehead atoms. The fourth-order valence-corrected chi connectivity index (χ4v) is 4.41. The highest BCUT2D eigenvalue weighted by Crippen LogP contribution is 2.32. The molecule has 2 heterocycles. The number of anilines is 3. The number of piperazine rings is 1. The number of hydrogen-bond donors (Lipinski definition) is 3. The van der Waals surface area contributed by atoms with Gasteiger partial charge in [-0.3, -0.25) is 10.1 Å². The molecule has 1 aliphatic carbocycles. The summed E-state index contributed by atoms with van der Waals surface area (Å²) in [5, 5.41) is 14.9. The number of hydrogen-bond acceptors (Lipinski definition) is 7. The summed E-state index contributed by atoms with van der Waals surface area (Å²) in [5.41, 5.74) is 7.12. The lowest BCUT2D eigenvalue weighted by Gasteiger charge is -2.32. The van der Waals surface area contributed by atoms with Gasteiger partial charge in [0.05, 0.1) is 31.1 Å². The topological polar surface area (TPSA) is 115 Å². The number of nitrogens with two attached hydrogens (primary N) is 1. The Labute approximate surface area is 176 Å². The van der Waals surface area contributed by atoms with Crippen LogP contribution in [-0.2, 0) is 6.54 Å². The lowest BCUT2D eigenvalue weighted by atomic mass is 9.95. The van der Waals surface area contributed by atoms with Gasteiger partial charge >= 0.3 is 5.69 Å². The second-order valence-electron chi connectivity index (χ2n) is 8.24. The molecule has 160 valence electrons. The van der Waals surface area contributed by atoms with Crippen LogP contribution < -0.4 is 20.9 Å². The number of nitrogen functional groups attached to an aromatic ring is 1. The van der Waals surface area contributed by atoms with Crippen molar-refractivity contribution in [2.24, 2.45) is 0 Å². The molecular formula is C21H30N7O2+. The molecule has 4 rings (SSSR count). The molecule has 4 N–H and O–H groups in total. The van der Waals surface area contributed by atoms with Crippen molar-refractivity contribution in [3.05, 3.63) is 46.0 Å². The number of rotatable bonds is 6. The van der Waals surface area contributed by atoms with Crippen LogP contribution >= 0.6 is 0 Å². The van der Waals surface area contributed by atoms with E-state index in [-0.39, 0.29) is 23.4 Å². The average molecular weight is 413 g/mol. The molecule has 1 aliphatic heterocycles. The molecule has 0 radical (unpaired) electrons. The number of aromatic nitrogens is 2. The van der Waals surface area contributed by atoms with Gasteiger partial charge in [-0.05, 0) is 12.8 Å². The van der Waals surface area contributed by atoms with E-state index in [1.807, 2.05) is 6.07 Å². The Hall–Kier alpha value is -2.94. The maximum Gasteiger partial charge on any atom is 0.353 e. The van der Waals surface area contributed by atoms with Crippen LogP contribution in [0.4, 0.5) is 23.3 Å². The van der Waals surface area contributed by atoms with Gasteiger partial charge < -0.3 is 20.9 Å². The third-order valence-corrected chi connectivity index (χ3v) is 6.08. The highest BCUT2D eigenvalue weighted by Gasteiger charge is 2.29. The van der Waals surface area contributed by atoms with E-state index >= 15 is 0 Å². The normalized spacial score (nSPS) is 18.3. The van der Waals surface area contributed by atoms with Gasteiger partial charge in [0.2, 0.25) is 17.6 Å². The van der Waals surface area contributed by atoms with Crippen LogP contribution in [0, 0.1) is 10.1 Å². The molecule has 2 fully saturated rings. The Morgan fingerprint density at radius 2 is 1.83 bits per heavy atom. The largest absolute Gasteiger partial charge is 0.378 e. The van der Waals surface area contributed by atoms with Gasteiger partial charge in [0.1, 0.15) is 6.54 Å². The Morgan fingerprint density at radius 3 is 2.50 bits per heavy atom. The number of nitrogens with one attached hydrogen (secondary N) is 2. The molecule has 0 unspecified atom stereocenters. The van der Waals surface area contributed by atoms with Crippen molar-refractivity contribution < 1.29 is 9.82 Å². The molecule has 1 saturated carbocycles. The fourth-order valence-electron chi connectivity index (χ4n) is 4.41. The molecule has 0 atom stereocenters. The summed E-state index contributed by atoms with van der Waals surface area (Å²) < 4.78 is 0. The molecular weight excluding hydrogens is 382 g/mol. The van der Waals surface area contributed by atoms with Crippen LogP contribution in [0.25, 0.3) is 0 Å². The minimum Gasteiger partial charge on any atom is -0.378 e. The van der Waals surface area contributed by atoms with Gasteiger partial charge in [0, 0.05) is 11.6 Å². The van der Waals surface area contributed by atoms with E-state index in [0.717, 1.165) is 58.4 Å². The van der Waals surface area contributed by atoms with E-state index in [9.17, 15) is 10.1 Å². The van der Waals surface area contributed by atoms with Crippen molar-refractivity contribution in [3.8, 4) is 0 Å². The quantitative estimate of drug-likeness (QED) is 0.488. The Morgan fingerprint density at radius 1 is 1.13 bits per heavy atom. The zero-order valence-corrected chi connectivity index (χ0v) is 17.2. The zero-order valence-electron chi connectivity index (χ0n) is 17.2. The van der Waals surface area contributed by atoms with E-state index in [4.69, 9.17) is 5.73 Å². The first-order valence-electron chi connectivity index (χ1n) is 10.8. The summed E-state index contributed by atoms with van der Waals surface area (Å²) in [6.07, 6.45) is 5.47. The van der Waals surface area contributed by atoms with Gasteiger partial charge in [-0.15, -0.1) is 0 Å². The maximum atomic E-state index is 11.6.